The Morgan fingerprint density at radius 2 is 1.69 bits per heavy atom. The zero-order valence-corrected chi connectivity index (χ0v) is 20.8. The molecule has 1 heterocycles. The lowest BCUT2D eigenvalue weighted by molar-refractivity contribution is -0.385. The Kier molecular flexibility index (Phi) is 6.84. The van der Waals surface area contributed by atoms with E-state index in [4.69, 9.17) is 9.47 Å². The van der Waals surface area contributed by atoms with Gasteiger partial charge in [0.05, 0.1) is 35.8 Å². The zero-order valence-electron chi connectivity index (χ0n) is 20.0. The first-order valence-electron chi connectivity index (χ1n) is 11.1. The summed E-state index contributed by atoms with van der Waals surface area (Å²) in [4.78, 5) is 24.2. The van der Waals surface area contributed by atoms with Crippen LogP contribution < -0.4 is 19.1 Å². The summed E-state index contributed by atoms with van der Waals surface area (Å²) < 4.78 is 38.4. The fourth-order valence-corrected chi connectivity index (χ4v) is 5.64. The molecule has 0 spiro atoms. The fraction of sp³-hybridized carbons (Fsp3) is 0.240. The van der Waals surface area contributed by atoms with Gasteiger partial charge in [-0.2, -0.15) is 0 Å². The number of amides is 1. The molecule has 36 heavy (non-hydrogen) atoms. The number of ether oxygens (including phenoxy) is 2. The molecule has 3 aromatic rings. The summed E-state index contributed by atoms with van der Waals surface area (Å²) in [6, 6.07) is 14.0. The van der Waals surface area contributed by atoms with Crippen LogP contribution in [0.25, 0.3) is 0 Å². The van der Waals surface area contributed by atoms with E-state index in [0.29, 0.717) is 30.8 Å². The Morgan fingerprint density at radius 1 is 1.03 bits per heavy atom. The van der Waals surface area contributed by atoms with Crippen molar-refractivity contribution < 1.29 is 27.6 Å². The maximum atomic E-state index is 13.4. The highest BCUT2D eigenvalue weighted by molar-refractivity contribution is 7.92. The summed E-state index contributed by atoms with van der Waals surface area (Å²) in [5, 5.41) is 14.3. The van der Waals surface area contributed by atoms with Crippen LogP contribution in [0.5, 0.6) is 11.5 Å². The summed E-state index contributed by atoms with van der Waals surface area (Å²) in [5.41, 5.74) is 1.86. The van der Waals surface area contributed by atoms with Gasteiger partial charge < -0.3 is 14.8 Å². The number of rotatable bonds is 7. The quantitative estimate of drug-likeness (QED) is 0.370. The van der Waals surface area contributed by atoms with E-state index in [-0.39, 0.29) is 22.0 Å². The highest BCUT2D eigenvalue weighted by Crippen LogP contribution is 2.37. The molecule has 0 atom stereocenters. The molecule has 3 aromatic carbocycles. The lowest BCUT2D eigenvalue weighted by Gasteiger charge is -2.31. The third-order valence-corrected chi connectivity index (χ3v) is 7.80. The van der Waals surface area contributed by atoms with Crippen LogP contribution in [0.3, 0.4) is 0 Å². The Bertz CT molecular complexity index is 1440. The number of anilines is 2. The largest absolute Gasteiger partial charge is 0.493 e. The van der Waals surface area contributed by atoms with Crippen LogP contribution in [0.15, 0.2) is 59.5 Å². The molecule has 0 aliphatic carbocycles. The van der Waals surface area contributed by atoms with Crippen molar-refractivity contribution in [3.05, 3.63) is 81.4 Å². The third kappa shape index (κ3) is 4.69. The van der Waals surface area contributed by atoms with Gasteiger partial charge in [0.25, 0.3) is 21.6 Å². The summed E-state index contributed by atoms with van der Waals surface area (Å²) in [7, 11) is -1.13. The van der Waals surface area contributed by atoms with Gasteiger partial charge in [-0.3, -0.25) is 19.2 Å². The molecule has 0 saturated heterocycles. The second-order valence-electron chi connectivity index (χ2n) is 8.27. The van der Waals surface area contributed by atoms with Gasteiger partial charge in [0.1, 0.15) is 5.56 Å². The van der Waals surface area contributed by atoms with Crippen molar-refractivity contribution in [3.63, 3.8) is 0 Å². The highest BCUT2D eigenvalue weighted by Gasteiger charge is 2.30. The lowest BCUT2D eigenvalue weighted by Crippen LogP contribution is -2.35. The molecule has 1 amide bonds. The fourth-order valence-electron chi connectivity index (χ4n) is 4.11. The minimum Gasteiger partial charge on any atom is -0.493 e. The van der Waals surface area contributed by atoms with E-state index in [1.165, 1.54) is 24.6 Å². The Morgan fingerprint density at radius 3 is 2.33 bits per heavy atom. The number of sulfonamides is 1. The molecule has 1 aliphatic heterocycles. The highest BCUT2D eigenvalue weighted by atomic mass is 32.2. The van der Waals surface area contributed by atoms with Gasteiger partial charge in [-0.05, 0) is 49.6 Å². The minimum absolute atomic E-state index is 0.117. The minimum atomic E-state index is -3.82. The van der Waals surface area contributed by atoms with E-state index >= 15 is 0 Å². The molecule has 1 N–H and O–H groups in total. The topological polar surface area (TPSA) is 128 Å². The molecule has 4 rings (SSSR count). The average molecular weight is 512 g/mol. The van der Waals surface area contributed by atoms with E-state index in [0.717, 1.165) is 17.2 Å². The van der Waals surface area contributed by atoms with Crippen LogP contribution in [0.1, 0.15) is 27.9 Å². The number of fused-ring (bicyclic) bond motifs is 1. The second kappa shape index (κ2) is 9.86. The monoisotopic (exact) mass is 511 g/mol. The number of nitrogens with one attached hydrogen (secondary N) is 1. The van der Waals surface area contributed by atoms with Gasteiger partial charge in [-0.1, -0.05) is 23.8 Å². The number of nitrogens with zero attached hydrogens (tertiary/aromatic N) is 2. The van der Waals surface area contributed by atoms with Crippen LogP contribution in [0, 0.1) is 17.0 Å². The number of hydrogen-bond donors (Lipinski definition) is 1. The number of carbonyl (C=O) groups excluding carboxylic acids is 1. The number of nitro benzene ring substituents is 1. The van der Waals surface area contributed by atoms with Crippen LogP contribution in [-0.2, 0) is 16.4 Å². The Hall–Kier alpha value is -4.12. The summed E-state index contributed by atoms with van der Waals surface area (Å²) in [5.74, 6) is -0.466. The molecule has 0 saturated carbocycles. The molecule has 1 aliphatic rings. The van der Waals surface area contributed by atoms with Crippen LogP contribution in [-0.4, -0.2) is 40.0 Å². The van der Waals surface area contributed by atoms with Gasteiger partial charge in [0, 0.05) is 18.3 Å². The van der Waals surface area contributed by atoms with Crippen molar-refractivity contribution in [1.82, 2.24) is 0 Å². The van der Waals surface area contributed by atoms with Crippen LogP contribution in [0.4, 0.5) is 17.1 Å². The van der Waals surface area contributed by atoms with Crippen molar-refractivity contribution in [2.24, 2.45) is 0 Å². The third-order valence-electron chi connectivity index (χ3n) is 5.97. The summed E-state index contributed by atoms with van der Waals surface area (Å²) >= 11 is 0. The van der Waals surface area contributed by atoms with Crippen molar-refractivity contribution >= 4 is 33.0 Å². The molecule has 11 heteroatoms. The second-order valence-corrected chi connectivity index (χ2v) is 10.1. The number of carbonyl (C=O) groups is 1. The Balaban J connectivity index is 1.69. The predicted octanol–water partition coefficient (Wildman–Crippen LogP) is 4.31. The molecular weight excluding hydrogens is 486 g/mol. The molecule has 0 aromatic heterocycles. The van der Waals surface area contributed by atoms with E-state index in [1.807, 2.05) is 6.92 Å². The van der Waals surface area contributed by atoms with Gasteiger partial charge >= 0.3 is 0 Å². The SMILES string of the molecule is COc1cc(C(=O)Nc2ccc3c(c2)N(S(=O)(=O)c2ccc(C)cc2)CCC3)c([N+](=O)[O-])cc1OC. The van der Waals surface area contributed by atoms with E-state index in [1.54, 1.807) is 42.5 Å². The molecule has 188 valence electrons. The maximum absolute atomic E-state index is 13.4. The van der Waals surface area contributed by atoms with Crippen LogP contribution >= 0.6 is 0 Å². The van der Waals surface area contributed by atoms with E-state index < -0.39 is 26.5 Å². The number of nitro groups is 1. The summed E-state index contributed by atoms with van der Waals surface area (Å²) in [6.07, 6.45) is 1.34. The molecule has 0 radical (unpaired) electrons. The zero-order chi connectivity index (χ0) is 26.0. The van der Waals surface area contributed by atoms with Gasteiger partial charge in [-0.15, -0.1) is 0 Å². The summed E-state index contributed by atoms with van der Waals surface area (Å²) in [6.45, 7) is 2.17. The van der Waals surface area contributed by atoms with Gasteiger partial charge in [-0.25, -0.2) is 8.42 Å². The normalized spacial score (nSPS) is 13.0. The number of hydrogen-bond acceptors (Lipinski definition) is 7. The van der Waals surface area contributed by atoms with E-state index in [9.17, 15) is 23.3 Å². The molecule has 0 unspecified atom stereocenters. The number of benzene rings is 3. The average Bonchev–Trinajstić information content (AvgIpc) is 2.87. The van der Waals surface area contributed by atoms with Gasteiger partial charge in [0.2, 0.25) is 0 Å². The standard InChI is InChI=1S/C25H25N3O7S/c1-16-6-10-19(11-7-16)36(32,33)27-12-4-5-17-8-9-18(13-21(17)27)26-25(29)20-14-23(34-2)24(35-3)15-22(20)28(30)31/h6-11,13-15H,4-5,12H2,1-3H3,(H,26,29). The molecule has 0 bridgehead atoms. The molecule has 0 fully saturated rings. The first kappa shape index (κ1) is 25.0. The first-order chi connectivity index (χ1) is 17.1. The lowest BCUT2D eigenvalue weighted by atomic mass is 10.0. The van der Waals surface area contributed by atoms with Crippen molar-refractivity contribution in [1.29, 1.82) is 0 Å². The molecular formula is C25H25N3O7S. The Labute approximate surface area is 208 Å². The molecule has 10 nitrogen and oxygen atoms in total. The number of methoxy groups -OCH3 is 2. The number of aryl methyl sites for hydroxylation is 2. The van der Waals surface area contributed by atoms with Gasteiger partial charge in [0.15, 0.2) is 11.5 Å². The first-order valence-corrected chi connectivity index (χ1v) is 12.5. The van der Waals surface area contributed by atoms with Crippen molar-refractivity contribution in [2.45, 2.75) is 24.7 Å². The smallest absolute Gasteiger partial charge is 0.286 e. The van der Waals surface area contributed by atoms with Crippen LogP contribution in [0.2, 0.25) is 0 Å². The van der Waals surface area contributed by atoms with E-state index in [2.05, 4.69) is 5.32 Å². The predicted molar refractivity (Wildman–Crippen MR) is 135 cm³/mol. The van der Waals surface area contributed by atoms with Crippen molar-refractivity contribution in [2.75, 3.05) is 30.4 Å². The maximum Gasteiger partial charge on any atom is 0.286 e. The van der Waals surface area contributed by atoms with Crippen molar-refractivity contribution in [3.8, 4) is 11.5 Å².